The summed E-state index contributed by atoms with van der Waals surface area (Å²) in [5.74, 6) is 1.86. The van der Waals surface area contributed by atoms with Crippen molar-refractivity contribution in [1.82, 2.24) is 19.6 Å². The molecular formula is C18H21N5. The van der Waals surface area contributed by atoms with Crippen molar-refractivity contribution in [1.29, 1.82) is 0 Å². The quantitative estimate of drug-likeness (QED) is 0.746. The Balaban J connectivity index is 1.84. The number of aryl methyl sites for hydroxylation is 2. The summed E-state index contributed by atoms with van der Waals surface area (Å²) in [5, 5.41) is 4.42. The van der Waals surface area contributed by atoms with Gasteiger partial charge in [-0.1, -0.05) is 29.8 Å². The summed E-state index contributed by atoms with van der Waals surface area (Å²) in [5.41, 5.74) is 4.90. The smallest absolute Gasteiger partial charge is 0.254 e. The van der Waals surface area contributed by atoms with Crippen LogP contribution in [0.15, 0.2) is 30.6 Å². The molecule has 0 bridgehead atoms. The standard InChI is InChI=1S/C18H21N5/c1-13-5-7-15(8-6-13)11-16-14(2)21-18-19-12-20-23(18)17(16)22-9-3-4-10-22/h5-8,12H,3-4,9-11H2,1-2H3. The molecule has 1 aliphatic heterocycles. The van der Waals surface area contributed by atoms with Crippen molar-refractivity contribution in [3.05, 3.63) is 53.0 Å². The zero-order valence-electron chi connectivity index (χ0n) is 13.7. The molecule has 2 aromatic heterocycles. The molecule has 0 N–H and O–H groups in total. The second-order valence-corrected chi connectivity index (χ2v) is 6.33. The molecule has 118 valence electrons. The van der Waals surface area contributed by atoms with Crippen molar-refractivity contribution >= 4 is 11.6 Å². The van der Waals surface area contributed by atoms with E-state index in [4.69, 9.17) is 0 Å². The van der Waals surface area contributed by atoms with E-state index in [9.17, 15) is 0 Å². The van der Waals surface area contributed by atoms with E-state index in [1.807, 2.05) is 4.52 Å². The van der Waals surface area contributed by atoms with Crippen molar-refractivity contribution in [3.8, 4) is 0 Å². The fourth-order valence-corrected chi connectivity index (χ4v) is 3.34. The Morgan fingerprint density at radius 2 is 1.78 bits per heavy atom. The summed E-state index contributed by atoms with van der Waals surface area (Å²) in [7, 11) is 0. The Kier molecular flexibility index (Phi) is 3.48. The maximum absolute atomic E-state index is 4.64. The van der Waals surface area contributed by atoms with Gasteiger partial charge in [0.15, 0.2) is 0 Å². The molecule has 4 rings (SSSR count). The largest absolute Gasteiger partial charge is 0.356 e. The first-order valence-corrected chi connectivity index (χ1v) is 8.22. The third-order valence-electron chi connectivity index (χ3n) is 4.61. The lowest BCUT2D eigenvalue weighted by Crippen LogP contribution is -2.24. The molecule has 0 saturated carbocycles. The lowest BCUT2D eigenvalue weighted by Gasteiger charge is -2.23. The molecule has 0 aliphatic carbocycles. The Bertz CT molecular complexity index is 828. The van der Waals surface area contributed by atoms with Crippen LogP contribution in [0.4, 0.5) is 5.82 Å². The fraction of sp³-hybridized carbons (Fsp3) is 0.389. The van der Waals surface area contributed by atoms with E-state index in [0.29, 0.717) is 5.78 Å². The van der Waals surface area contributed by atoms with Gasteiger partial charge >= 0.3 is 0 Å². The summed E-state index contributed by atoms with van der Waals surface area (Å²) in [4.78, 5) is 11.4. The molecule has 5 heteroatoms. The first-order chi connectivity index (χ1) is 11.2. The molecule has 0 radical (unpaired) electrons. The molecule has 23 heavy (non-hydrogen) atoms. The molecule has 0 unspecified atom stereocenters. The van der Waals surface area contributed by atoms with Gasteiger partial charge in [0.05, 0.1) is 0 Å². The van der Waals surface area contributed by atoms with Crippen molar-refractivity contribution in [2.75, 3.05) is 18.0 Å². The zero-order chi connectivity index (χ0) is 15.8. The van der Waals surface area contributed by atoms with Crippen LogP contribution >= 0.6 is 0 Å². The van der Waals surface area contributed by atoms with Crippen LogP contribution in [0.5, 0.6) is 0 Å². The van der Waals surface area contributed by atoms with E-state index in [-0.39, 0.29) is 0 Å². The van der Waals surface area contributed by atoms with Gasteiger partial charge in [0.25, 0.3) is 5.78 Å². The lowest BCUT2D eigenvalue weighted by molar-refractivity contribution is 0.825. The van der Waals surface area contributed by atoms with E-state index >= 15 is 0 Å². The van der Waals surface area contributed by atoms with Crippen LogP contribution < -0.4 is 4.90 Å². The number of hydrogen-bond donors (Lipinski definition) is 0. The topological polar surface area (TPSA) is 46.3 Å². The highest BCUT2D eigenvalue weighted by atomic mass is 15.4. The Hall–Kier alpha value is -2.43. The summed E-state index contributed by atoms with van der Waals surface area (Å²) < 4.78 is 1.90. The normalized spacial score (nSPS) is 14.8. The lowest BCUT2D eigenvalue weighted by atomic mass is 10.0. The van der Waals surface area contributed by atoms with Crippen LogP contribution in [0.25, 0.3) is 5.78 Å². The molecule has 1 saturated heterocycles. The first kappa shape index (κ1) is 14.2. The molecule has 3 heterocycles. The van der Waals surface area contributed by atoms with Gasteiger partial charge in [-0.2, -0.15) is 14.6 Å². The van der Waals surface area contributed by atoms with Crippen LogP contribution in [-0.4, -0.2) is 32.7 Å². The number of anilines is 1. The number of aromatic nitrogens is 4. The van der Waals surface area contributed by atoms with E-state index in [1.54, 1.807) is 6.33 Å². The average molecular weight is 307 g/mol. The van der Waals surface area contributed by atoms with Gasteiger partial charge in [0.1, 0.15) is 12.1 Å². The molecule has 1 aromatic carbocycles. The van der Waals surface area contributed by atoms with Crippen molar-refractivity contribution < 1.29 is 0 Å². The molecule has 1 fully saturated rings. The summed E-state index contributed by atoms with van der Waals surface area (Å²) in [6.07, 6.45) is 4.95. The minimum atomic E-state index is 0.692. The van der Waals surface area contributed by atoms with E-state index in [0.717, 1.165) is 25.2 Å². The average Bonchev–Trinajstić information content (AvgIpc) is 3.21. The van der Waals surface area contributed by atoms with E-state index in [2.05, 4.69) is 58.1 Å². The van der Waals surface area contributed by atoms with Gasteiger partial charge in [0, 0.05) is 30.8 Å². The second-order valence-electron chi connectivity index (χ2n) is 6.33. The van der Waals surface area contributed by atoms with Gasteiger partial charge in [-0.3, -0.25) is 0 Å². The highest BCUT2D eigenvalue weighted by molar-refractivity contribution is 5.56. The van der Waals surface area contributed by atoms with Crippen LogP contribution in [0, 0.1) is 13.8 Å². The van der Waals surface area contributed by atoms with Crippen LogP contribution in [0.3, 0.4) is 0 Å². The first-order valence-electron chi connectivity index (χ1n) is 8.22. The molecule has 0 amide bonds. The highest BCUT2D eigenvalue weighted by Gasteiger charge is 2.22. The Morgan fingerprint density at radius 3 is 2.52 bits per heavy atom. The van der Waals surface area contributed by atoms with Crippen LogP contribution in [0.1, 0.15) is 35.2 Å². The molecule has 0 spiro atoms. The van der Waals surface area contributed by atoms with Gasteiger partial charge in [-0.25, -0.2) is 4.98 Å². The van der Waals surface area contributed by atoms with Gasteiger partial charge < -0.3 is 4.90 Å². The third-order valence-corrected chi connectivity index (χ3v) is 4.61. The molecule has 1 aliphatic rings. The SMILES string of the molecule is Cc1ccc(Cc2c(C)nc3ncnn3c2N2CCCC2)cc1. The zero-order valence-corrected chi connectivity index (χ0v) is 13.7. The van der Waals surface area contributed by atoms with E-state index in [1.165, 1.54) is 35.3 Å². The monoisotopic (exact) mass is 307 g/mol. The Labute approximate surface area is 136 Å². The summed E-state index contributed by atoms with van der Waals surface area (Å²) in [6.45, 7) is 6.37. The number of benzene rings is 1. The van der Waals surface area contributed by atoms with Crippen molar-refractivity contribution in [3.63, 3.8) is 0 Å². The second kappa shape index (κ2) is 5.65. The minimum Gasteiger partial charge on any atom is -0.356 e. The fourth-order valence-electron chi connectivity index (χ4n) is 3.34. The van der Waals surface area contributed by atoms with E-state index < -0.39 is 0 Å². The molecule has 5 nitrogen and oxygen atoms in total. The maximum atomic E-state index is 4.64. The third kappa shape index (κ3) is 2.56. The van der Waals surface area contributed by atoms with Gasteiger partial charge in [-0.05, 0) is 32.3 Å². The predicted octanol–water partition coefficient (Wildman–Crippen LogP) is 2.93. The van der Waals surface area contributed by atoms with Crippen molar-refractivity contribution in [2.24, 2.45) is 0 Å². The summed E-state index contributed by atoms with van der Waals surface area (Å²) in [6, 6.07) is 8.74. The van der Waals surface area contributed by atoms with Gasteiger partial charge in [-0.15, -0.1) is 0 Å². The highest BCUT2D eigenvalue weighted by Crippen LogP contribution is 2.28. The number of rotatable bonds is 3. The molecule has 3 aromatic rings. The van der Waals surface area contributed by atoms with Crippen molar-refractivity contribution in [2.45, 2.75) is 33.1 Å². The Morgan fingerprint density at radius 1 is 1.04 bits per heavy atom. The number of fused-ring (bicyclic) bond motifs is 1. The number of nitrogens with zero attached hydrogens (tertiary/aromatic N) is 5. The molecule has 0 atom stereocenters. The summed E-state index contributed by atoms with van der Waals surface area (Å²) >= 11 is 0. The van der Waals surface area contributed by atoms with Crippen LogP contribution in [-0.2, 0) is 6.42 Å². The maximum Gasteiger partial charge on any atom is 0.254 e. The molecular weight excluding hydrogens is 286 g/mol. The minimum absolute atomic E-state index is 0.692. The predicted molar refractivity (Wildman–Crippen MR) is 91.0 cm³/mol. The van der Waals surface area contributed by atoms with Gasteiger partial charge in [0.2, 0.25) is 0 Å². The van der Waals surface area contributed by atoms with Crippen LogP contribution in [0.2, 0.25) is 0 Å². The number of hydrogen-bond acceptors (Lipinski definition) is 4.